The van der Waals surface area contributed by atoms with Crippen LogP contribution in [-0.4, -0.2) is 28.1 Å². The molecule has 2 amide bonds. The third kappa shape index (κ3) is 5.43. The Balaban J connectivity index is 2.57. The molecule has 0 bridgehead atoms. The Labute approximate surface area is 119 Å². The standard InChI is InChI=1S/C12H14FN3O5/c1-7(2-5-11(17)18)14-12(19)15-8-3-4-10(16(20)21)9(13)6-8/h3-4,6-7H,2,5H2,1H3,(H,17,18)(H2,14,15,19). The predicted molar refractivity (Wildman–Crippen MR) is 71.5 cm³/mol. The summed E-state index contributed by atoms with van der Waals surface area (Å²) in [6.07, 6.45) is 0.158. The van der Waals surface area contributed by atoms with Crippen LogP contribution >= 0.6 is 0 Å². The number of aliphatic carboxylic acids is 1. The van der Waals surface area contributed by atoms with Crippen molar-refractivity contribution in [2.45, 2.75) is 25.8 Å². The van der Waals surface area contributed by atoms with Crippen molar-refractivity contribution in [3.05, 3.63) is 34.1 Å². The summed E-state index contributed by atoms with van der Waals surface area (Å²) in [6.45, 7) is 1.62. The molecule has 0 fully saturated rings. The molecule has 1 atom stereocenters. The van der Waals surface area contributed by atoms with Crippen molar-refractivity contribution in [3.8, 4) is 0 Å². The number of carboxylic acids is 1. The van der Waals surface area contributed by atoms with Crippen molar-refractivity contribution in [1.82, 2.24) is 5.32 Å². The average Bonchev–Trinajstić information content (AvgIpc) is 2.35. The maximum Gasteiger partial charge on any atom is 0.319 e. The molecule has 1 rings (SSSR count). The third-order valence-corrected chi connectivity index (χ3v) is 2.57. The van der Waals surface area contributed by atoms with Crippen molar-refractivity contribution >= 4 is 23.4 Å². The highest BCUT2D eigenvalue weighted by Crippen LogP contribution is 2.20. The number of nitro benzene ring substituents is 1. The molecule has 1 aromatic carbocycles. The van der Waals surface area contributed by atoms with Crippen LogP contribution in [0.15, 0.2) is 18.2 Å². The first kappa shape index (κ1) is 16.3. The van der Waals surface area contributed by atoms with Gasteiger partial charge in [0.1, 0.15) is 0 Å². The molecule has 3 N–H and O–H groups in total. The molecule has 0 heterocycles. The van der Waals surface area contributed by atoms with Crippen LogP contribution in [0.1, 0.15) is 19.8 Å². The van der Waals surface area contributed by atoms with Gasteiger partial charge in [0.05, 0.1) is 4.92 Å². The van der Waals surface area contributed by atoms with Gasteiger partial charge >= 0.3 is 17.7 Å². The number of benzene rings is 1. The van der Waals surface area contributed by atoms with E-state index in [1.165, 1.54) is 6.07 Å². The van der Waals surface area contributed by atoms with Crippen LogP contribution in [0.5, 0.6) is 0 Å². The number of carbonyl (C=O) groups is 2. The number of nitrogens with zero attached hydrogens (tertiary/aromatic N) is 1. The van der Waals surface area contributed by atoms with Crippen molar-refractivity contribution in [1.29, 1.82) is 0 Å². The minimum atomic E-state index is -1.06. The van der Waals surface area contributed by atoms with E-state index in [1.807, 2.05) is 0 Å². The van der Waals surface area contributed by atoms with E-state index in [2.05, 4.69) is 10.6 Å². The summed E-state index contributed by atoms with van der Waals surface area (Å²) in [5.41, 5.74) is -0.628. The number of amides is 2. The lowest BCUT2D eigenvalue weighted by molar-refractivity contribution is -0.387. The summed E-state index contributed by atoms with van der Waals surface area (Å²) >= 11 is 0. The number of carbonyl (C=O) groups excluding carboxylic acids is 1. The van der Waals surface area contributed by atoms with Gasteiger partial charge in [0, 0.05) is 30.3 Å². The molecule has 21 heavy (non-hydrogen) atoms. The zero-order chi connectivity index (χ0) is 16.0. The first-order valence-corrected chi connectivity index (χ1v) is 6.03. The zero-order valence-electron chi connectivity index (χ0n) is 11.1. The Morgan fingerprint density at radius 1 is 1.48 bits per heavy atom. The molecule has 0 aliphatic carbocycles. The zero-order valence-corrected chi connectivity index (χ0v) is 11.1. The number of hydrogen-bond acceptors (Lipinski definition) is 4. The van der Waals surface area contributed by atoms with Crippen LogP contribution in [0.4, 0.5) is 20.6 Å². The van der Waals surface area contributed by atoms with E-state index in [-0.39, 0.29) is 24.6 Å². The Hall–Kier alpha value is -2.71. The largest absolute Gasteiger partial charge is 0.481 e. The number of hydrogen-bond donors (Lipinski definition) is 3. The molecule has 0 saturated heterocycles. The lowest BCUT2D eigenvalue weighted by Crippen LogP contribution is -2.36. The SMILES string of the molecule is CC(CCC(=O)O)NC(=O)Nc1ccc([N+](=O)[O-])c(F)c1. The van der Waals surface area contributed by atoms with Gasteiger partial charge in [-0.3, -0.25) is 14.9 Å². The Bertz CT molecular complexity index is 564. The number of anilines is 1. The Morgan fingerprint density at radius 2 is 2.14 bits per heavy atom. The van der Waals surface area contributed by atoms with E-state index in [0.717, 1.165) is 12.1 Å². The van der Waals surface area contributed by atoms with Gasteiger partial charge in [-0.25, -0.2) is 4.79 Å². The molecular formula is C12H14FN3O5. The molecule has 8 nitrogen and oxygen atoms in total. The predicted octanol–water partition coefficient (Wildman–Crippen LogP) is 2.11. The van der Waals surface area contributed by atoms with Gasteiger partial charge in [0.15, 0.2) is 0 Å². The average molecular weight is 299 g/mol. The lowest BCUT2D eigenvalue weighted by atomic mass is 10.2. The van der Waals surface area contributed by atoms with Gasteiger partial charge in [-0.2, -0.15) is 4.39 Å². The van der Waals surface area contributed by atoms with Crippen LogP contribution in [-0.2, 0) is 4.79 Å². The van der Waals surface area contributed by atoms with E-state index in [9.17, 15) is 24.1 Å². The van der Waals surface area contributed by atoms with Crippen LogP contribution in [0.25, 0.3) is 0 Å². The van der Waals surface area contributed by atoms with Crippen LogP contribution in [0.3, 0.4) is 0 Å². The second-order valence-corrected chi connectivity index (χ2v) is 4.36. The first-order chi connectivity index (χ1) is 9.79. The van der Waals surface area contributed by atoms with E-state index < -0.39 is 28.4 Å². The molecule has 0 radical (unpaired) electrons. The van der Waals surface area contributed by atoms with Crippen LogP contribution in [0.2, 0.25) is 0 Å². The number of nitrogens with one attached hydrogen (secondary N) is 2. The Kier molecular flexibility index (Phi) is 5.58. The molecule has 0 aliphatic heterocycles. The van der Waals surface area contributed by atoms with Gasteiger partial charge in [0.25, 0.3) is 0 Å². The second-order valence-electron chi connectivity index (χ2n) is 4.36. The van der Waals surface area contributed by atoms with Crippen molar-refractivity contribution in [2.75, 3.05) is 5.32 Å². The van der Waals surface area contributed by atoms with E-state index in [1.54, 1.807) is 6.92 Å². The molecule has 9 heteroatoms. The fourth-order valence-electron chi connectivity index (χ4n) is 1.54. The summed E-state index contributed by atoms with van der Waals surface area (Å²) in [7, 11) is 0. The van der Waals surface area contributed by atoms with Crippen LogP contribution < -0.4 is 10.6 Å². The summed E-state index contributed by atoms with van der Waals surface area (Å²) in [5.74, 6) is -2.03. The molecule has 114 valence electrons. The maximum absolute atomic E-state index is 13.3. The quantitative estimate of drug-likeness (QED) is 0.548. The summed E-state index contributed by atoms with van der Waals surface area (Å²) in [6, 6.07) is 1.94. The normalized spacial score (nSPS) is 11.5. The Morgan fingerprint density at radius 3 is 2.67 bits per heavy atom. The monoisotopic (exact) mass is 299 g/mol. The molecule has 0 spiro atoms. The number of nitro groups is 1. The third-order valence-electron chi connectivity index (χ3n) is 2.57. The molecule has 0 aromatic heterocycles. The van der Waals surface area contributed by atoms with E-state index >= 15 is 0 Å². The van der Waals surface area contributed by atoms with Gasteiger partial charge in [0.2, 0.25) is 5.82 Å². The number of halogens is 1. The lowest BCUT2D eigenvalue weighted by Gasteiger charge is -2.13. The number of carboxylic acid groups (broad SMARTS) is 1. The minimum Gasteiger partial charge on any atom is -0.481 e. The topological polar surface area (TPSA) is 122 Å². The van der Waals surface area contributed by atoms with E-state index in [4.69, 9.17) is 5.11 Å². The van der Waals surface area contributed by atoms with Crippen molar-refractivity contribution < 1.29 is 24.0 Å². The van der Waals surface area contributed by atoms with Gasteiger partial charge in [-0.05, 0) is 19.4 Å². The van der Waals surface area contributed by atoms with Crippen molar-refractivity contribution in [3.63, 3.8) is 0 Å². The molecule has 1 aromatic rings. The number of rotatable bonds is 6. The second kappa shape index (κ2) is 7.17. The first-order valence-electron chi connectivity index (χ1n) is 6.03. The van der Waals surface area contributed by atoms with Gasteiger partial charge < -0.3 is 15.7 Å². The summed E-state index contributed by atoms with van der Waals surface area (Å²) in [5, 5.41) is 23.7. The highest BCUT2D eigenvalue weighted by molar-refractivity contribution is 5.89. The highest BCUT2D eigenvalue weighted by Gasteiger charge is 2.15. The smallest absolute Gasteiger partial charge is 0.319 e. The minimum absolute atomic E-state index is 0.0565. The maximum atomic E-state index is 13.3. The highest BCUT2D eigenvalue weighted by atomic mass is 19.1. The van der Waals surface area contributed by atoms with Gasteiger partial charge in [-0.1, -0.05) is 0 Å². The van der Waals surface area contributed by atoms with Crippen LogP contribution in [0, 0.1) is 15.9 Å². The van der Waals surface area contributed by atoms with Gasteiger partial charge in [-0.15, -0.1) is 0 Å². The molecule has 1 unspecified atom stereocenters. The fraction of sp³-hybridized carbons (Fsp3) is 0.333. The van der Waals surface area contributed by atoms with Crippen molar-refractivity contribution in [2.24, 2.45) is 0 Å². The van der Waals surface area contributed by atoms with E-state index in [0.29, 0.717) is 0 Å². The fourth-order valence-corrected chi connectivity index (χ4v) is 1.54. The molecular weight excluding hydrogens is 285 g/mol. The molecule has 0 saturated carbocycles. The number of urea groups is 1. The summed E-state index contributed by atoms with van der Waals surface area (Å²) in [4.78, 5) is 31.5. The summed E-state index contributed by atoms with van der Waals surface area (Å²) < 4.78 is 13.3. The molecule has 0 aliphatic rings.